The number of esters is 1. The lowest BCUT2D eigenvalue weighted by Gasteiger charge is -2.41. The van der Waals surface area contributed by atoms with Gasteiger partial charge in [-0.05, 0) is 37.0 Å². The fourth-order valence-electron chi connectivity index (χ4n) is 3.61. The minimum atomic E-state index is -0.766. The van der Waals surface area contributed by atoms with E-state index in [-0.39, 0.29) is 11.9 Å². The zero-order chi connectivity index (χ0) is 17.9. The van der Waals surface area contributed by atoms with Gasteiger partial charge in [0.1, 0.15) is 0 Å². The molecule has 4 nitrogen and oxygen atoms in total. The van der Waals surface area contributed by atoms with E-state index in [0.29, 0.717) is 26.0 Å². The summed E-state index contributed by atoms with van der Waals surface area (Å²) in [6.45, 7) is 4.03. The molecule has 3 rings (SSSR count). The molecule has 1 heterocycles. The van der Waals surface area contributed by atoms with Crippen molar-refractivity contribution < 1.29 is 14.3 Å². The summed E-state index contributed by atoms with van der Waals surface area (Å²) in [5, 5.41) is 0. The Morgan fingerprint density at radius 1 is 1.08 bits per heavy atom. The zero-order valence-corrected chi connectivity index (χ0v) is 14.7. The van der Waals surface area contributed by atoms with Gasteiger partial charge in [-0.2, -0.15) is 0 Å². The summed E-state index contributed by atoms with van der Waals surface area (Å²) in [6, 6.07) is 17.7. The Hall–Kier alpha value is -2.62. The Morgan fingerprint density at radius 3 is 2.44 bits per heavy atom. The van der Waals surface area contributed by atoms with E-state index in [1.54, 1.807) is 11.8 Å². The molecule has 0 aliphatic carbocycles. The number of carbonyl (C=O) groups excluding carboxylic acids is 2. The van der Waals surface area contributed by atoms with Gasteiger partial charge in [-0.25, -0.2) is 0 Å². The lowest BCUT2D eigenvalue weighted by Crippen LogP contribution is -2.52. The molecule has 4 heteroatoms. The highest BCUT2D eigenvalue weighted by Crippen LogP contribution is 2.40. The molecule has 1 aliphatic rings. The second kappa shape index (κ2) is 7.09. The molecule has 0 saturated heterocycles. The molecule has 1 aliphatic heterocycles. The molecule has 0 saturated carbocycles. The quantitative estimate of drug-likeness (QED) is 0.804. The van der Waals surface area contributed by atoms with Gasteiger partial charge in [0.2, 0.25) is 5.91 Å². The van der Waals surface area contributed by atoms with Gasteiger partial charge in [-0.1, -0.05) is 48.5 Å². The van der Waals surface area contributed by atoms with E-state index in [1.165, 1.54) is 0 Å². The topological polar surface area (TPSA) is 46.6 Å². The van der Waals surface area contributed by atoms with Crippen LogP contribution in [0, 0.1) is 5.41 Å². The number of amides is 1. The fraction of sp³-hybridized carbons (Fsp3) is 0.333. The third-order valence-corrected chi connectivity index (χ3v) is 4.75. The van der Waals surface area contributed by atoms with E-state index < -0.39 is 5.41 Å². The van der Waals surface area contributed by atoms with E-state index in [2.05, 4.69) is 0 Å². The van der Waals surface area contributed by atoms with Crippen LogP contribution in [0.25, 0.3) is 0 Å². The number of carbonyl (C=O) groups is 2. The minimum Gasteiger partial charge on any atom is -0.465 e. The maximum absolute atomic E-state index is 12.9. The van der Waals surface area contributed by atoms with Crippen molar-refractivity contribution >= 4 is 17.6 Å². The average molecular weight is 337 g/mol. The molecule has 2 aromatic rings. The minimum absolute atomic E-state index is 0.0612. The van der Waals surface area contributed by atoms with E-state index in [4.69, 9.17) is 4.74 Å². The van der Waals surface area contributed by atoms with Crippen LogP contribution in [0.5, 0.6) is 0 Å². The van der Waals surface area contributed by atoms with Crippen LogP contribution in [-0.2, 0) is 27.2 Å². The van der Waals surface area contributed by atoms with Crippen LogP contribution >= 0.6 is 0 Å². The second-order valence-corrected chi connectivity index (χ2v) is 6.57. The Morgan fingerprint density at radius 2 is 1.76 bits per heavy atom. The highest BCUT2D eigenvalue weighted by Gasteiger charge is 2.46. The van der Waals surface area contributed by atoms with Crippen LogP contribution in [0.4, 0.5) is 5.69 Å². The molecule has 1 amide bonds. The van der Waals surface area contributed by atoms with Crippen LogP contribution < -0.4 is 4.90 Å². The summed E-state index contributed by atoms with van der Waals surface area (Å²) in [4.78, 5) is 26.9. The Kier molecular flexibility index (Phi) is 4.88. The summed E-state index contributed by atoms with van der Waals surface area (Å²) in [6.07, 6.45) is 1.12. The van der Waals surface area contributed by atoms with Crippen LogP contribution in [0.15, 0.2) is 54.6 Å². The number of nitrogens with zero attached hydrogens (tertiary/aromatic N) is 1. The molecule has 25 heavy (non-hydrogen) atoms. The number of anilines is 1. The first-order valence-corrected chi connectivity index (χ1v) is 8.63. The van der Waals surface area contributed by atoms with Crippen LogP contribution in [0.2, 0.25) is 0 Å². The van der Waals surface area contributed by atoms with Crippen molar-refractivity contribution in [1.82, 2.24) is 0 Å². The van der Waals surface area contributed by atoms with Gasteiger partial charge in [0.05, 0.1) is 12.0 Å². The molecule has 2 aromatic carbocycles. The number of benzene rings is 2. The molecule has 0 N–H and O–H groups in total. The highest BCUT2D eigenvalue weighted by atomic mass is 16.5. The molecular weight excluding hydrogens is 314 g/mol. The molecule has 130 valence electrons. The SMILES string of the molecule is CCOC(=O)[C@@]1(Cc2ccccc2)Cc2ccccc2N(C(C)=O)C1. The molecule has 0 aromatic heterocycles. The number of hydrogen-bond donors (Lipinski definition) is 0. The average Bonchev–Trinajstić information content (AvgIpc) is 2.62. The standard InChI is InChI=1S/C21H23NO3/c1-3-25-20(24)21(13-17-9-5-4-6-10-17)14-18-11-7-8-12-19(18)22(15-21)16(2)23/h4-12H,3,13-15H2,1-2H3/t21-/m0/s1. The number of fused-ring (bicyclic) bond motifs is 1. The summed E-state index contributed by atoms with van der Waals surface area (Å²) in [5.41, 5.74) is 2.20. The van der Waals surface area contributed by atoms with E-state index >= 15 is 0 Å². The van der Waals surface area contributed by atoms with Gasteiger partial charge in [-0.15, -0.1) is 0 Å². The van der Waals surface area contributed by atoms with Crippen LogP contribution in [-0.4, -0.2) is 25.0 Å². The van der Waals surface area contributed by atoms with Crippen molar-refractivity contribution in [2.75, 3.05) is 18.1 Å². The van der Waals surface area contributed by atoms with Crippen molar-refractivity contribution in [2.45, 2.75) is 26.7 Å². The molecule has 0 fully saturated rings. The van der Waals surface area contributed by atoms with Gasteiger partial charge >= 0.3 is 5.97 Å². The molecule has 0 radical (unpaired) electrons. The molecule has 1 atom stereocenters. The number of rotatable bonds is 4. The monoisotopic (exact) mass is 337 g/mol. The molecule has 0 spiro atoms. The maximum atomic E-state index is 12.9. The Labute approximate surface area is 148 Å². The smallest absolute Gasteiger partial charge is 0.314 e. The first kappa shape index (κ1) is 17.2. The van der Waals surface area contributed by atoms with Gasteiger partial charge in [0, 0.05) is 19.2 Å². The van der Waals surface area contributed by atoms with Crippen LogP contribution in [0.1, 0.15) is 25.0 Å². The first-order valence-electron chi connectivity index (χ1n) is 8.63. The largest absolute Gasteiger partial charge is 0.465 e. The lowest BCUT2D eigenvalue weighted by atomic mass is 9.73. The normalized spacial score (nSPS) is 19.2. The van der Waals surface area contributed by atoms with Gasteiger partial charge in [0.25, 0.3) is 0 Å². The Balaban J connectivity index is 2.05. The maximum Gasteiger partial charge on any atom is 0.314 e. The molecule has 0 bridgehead atoms. The van der Waals surface area contributed by atoms with Crippen molar-refractivity contribution in [1.29, 1.82) is 0 Å². The summed E-state index contributed by atoms with van der Waals surface area (Å²) < 4.78 is 5.42. The number of para-hydroxylation sites is 1. The highest BCUT2D eigenvalue weighted by molar-refractivity contribution is 5.95. The fourth-order valence-corrected chi connectivity index (χ4v) is 3.61. The molecule has 0 unspecified atom stereocenters. The number of hydrogen-bond acceptors (Lipinski definition) is 3. The molecular formula is C21H23NO3. The predicted molar refractivity (Wildman–Crippen MR) is 97.4 cm³/mol. The zero-order valence-electron chi connectivity index (χ0n) is 14.7. The predicted octanol–water partition coefficient (Wildman–Crippen LogP) is 3.39. The van der Waals surface area contributed by atoms with E-state index in [0.717, 1.165) is 16.8 Å². The van der Waals surface area contributed by atoms with Crippen molar-refractivity contribution in [2.24, 2.45) is 5.41 Å². The van der Waals surface area contributed by atoms with E-state index in [1.807, 2.05) is 61.5 Å². The number of ether oxygens (including phenoxy) is 1. The van der Waals surface area contributed by atoms with Gasteiger partial charge in [-0.3, -0.25) is 9.59 Å². The lowest BCUT2D eigenvalue weighted by molar-refractivity contribution is -0.155. The third kappa shape index (κ3) is 3.43. The van der Waals surface area contributed by atoms with Crippen LogP contribution in [0.3, 0.4) is 0 Å². The summed E-state index contributed by atoms with van der Waals surface area (Å²) in [5.74, 6) is -0.298. The summed E-state index contributed by atoms with van der Waals surface area (Å²) >= 11 is 0. The van der Waals surface area contributed by atoms with Gasteiger partial charge < -0.3 is 9.64 Å². The van der Waals surface area contributed by atoms with Crippen molar-refractivity contribution in [3.8, 4) is 0 Å². The summed E-state index contributed by atoms with van der Waals surface area (Å²) in [7, 11) is 0. The second-order valence-electron chi connectivity index (χ2n) is 6.57. The van der Waals surface area contributed by atoms with Crippen molar-refractivity contribution in [3.63, 3.8) is 0 Å². The first-order chi connectivity index (χ1) is 12.1. The third-order valence-electron chi connectivity index (χ3n) is 4.75. The Bertz CT molecular complexity index is 772. The van der Waals surface area contributed by atoms with E-state index in [9.17, 15) is 9.59 Å². The van der Waals surface area contributed by atoms with Crippen molar-refractivity contribution in [3.05, 3.63) is 65.7 Å². The van der Waals surface area contributed by atoms with Gasteiger partial charge in [0.15, 0.2) is 0 Å².